The molecule has 0 heterocycles. The number of anilines is 1. The topological polar surface area (TPSA) is 95.9 Å². The molecule has 7 nitrogen and oxygen atoms in total. The van der Waals surface area contributed by atoms with Crippen molar-refractivity contribution in [2.45, 2.75) is 31.8 Å². The van der Waals surface area contributed by atoms with Gasteiger partial charge in [0.2, 0.25) is 10.0 Å². The van der Waals surface area contributed by atoms with Crippen LogP contribution in [0.4, 0.5) is 5.69 Å². The van der Waals surface area contributed by atoms with Crippen molar-refractivity contribution >= 4 is 37.5 Å². The van der Waals surface area contributed by atoms with Gasteiger partial charge in [-0.15, -0.1) is 0 Å². The van der Waals surface area contributed by atoms with Crippen molar-refractivity contribution in [3.05, 3.63) is 46.9 Å². The molecular formula is C19H23BrN2O5S. The third kappa shape index (κ3) is 5.24. The molecule has 28 heavy (non-hydrogen) atoms. The molecule has 2 N–H and O–H groups in total. The molecule has 0 bridgehead atoms. The van der Waals surface area contributed by atoms with Gasteiger partial charge in [0.25, 0.3) is 5.91 Å². The van der Waals surface area contributed by atoms with Crippen molar-refractivity contribution in [1.82, 2.24) is 4.31 Å². The first-order valence-corrected chi connectivity index (χ1v) is 11.0. The summed E-state index contributed by atoms with van der Waals surface area (Å²) < 4.78 is 33.0. The number of carbonyl (C=O) groups is 1. The summed E-state index contributed by atoms with van der Waals surface area (Å²) in [7, 11) is -3.71. The highest BCUT2D eigenvalue weighted by Crippen LogP contribution is 2.28. The molecule has 2 rings (SSSR count). The molecular weight excluding hydrogens is 448 g/mol. The minimum atomic E-state index is -3.71. The van der Waals surface area contributed by atoms with Gasteiger partial charge in [-0.3, -0.25) is 4.79 Å². The molecule has 1 amide bonds. The average molecular weight is 471 g/mol. The molecule has 0 radical (unpaired) electrons. The Bertz CT molecular complexity index is 928. The van der Waals surface area contributed by atoms with Crippen LogP contribution in [0.1, 0.15) is 20.8 Å². The molecule has 0 aliphatic rings. The fourth-order valence-electron chi connectivity index (χ4n) is 2.49. The zero-order valence-electron chi connectivity index (χ0n) is 15.8. The van der Waals surface area contributed by atoms with Crippen LogP contribution in [0.15, 0.2) is 51.8 Å². The number of aromatic hydroxyl groups is 1. The van der Waals surface area contributed by atoms with Crippen LogP contribution in [0, 0.1) is 0 Å². The Morgan fingerprint density at radius 1 is 1.18 bits per heavy atom. The molecule has 1 unspecified atom stereocenters. The van der Waals surface area contributed by atoms with E-state index < -0.39 is 22.0 Å². The van der Waals surface area contributed by atoms with E-state index in [4.69, 9.17) is 4.74 Å². The Labute approximate surface area is 173 Å². The summed E-state index contributed by atoms with van der Waals surface area (Å²) in [5.41, 5.74) is 0.00415. The molecule has 1 atom stereocenters. The van der Waals surface area contributed by atoms with Crippen molar-refractivity contribution in [3.8, 4) is 11.5 Å². The van der Waals surface area contributed by atoms with Crippen molar-refractivity contribution in [1.29, 1.82) is 0 Å². The number of carbonyl (C=O) groups excluding carboxylic acids is 1. The van der Waals surface area contributed by atoms with E-state index in [1.165, 1.54) is 22.5 Å². The number of ether oxygens (including phenoxy) is 1. The SMILES string of the molecule is CCN(CC)S(=O)(=O)c1ccc(O)c(NC(=O)C(C)Oc2ccc(Br)cc2)c1. The van der Waals surface area contributed by atoms with Gasteiger partial charge in [-0.1, -0.05) is 29.8 Å². The first-order valence-electron chi connectivity index (χ1n) is 8.75. The Balaban J connectivity index is 2.18. The molecule has 0 spiro atoms. The lowest BCUT2D eigenvalue weighted by molar-refractivity contribution is -0.122. The Kier molecular flexibility index (Phi) is 7.45. The molecule has 2 aromatic rings. The van der Waals surface area contributed by atoms with Crippen LogP contribution in [0.25, 0.3) is 0 Å². The van der Waals surface area contributed by atoms with Gasteiger partial charge < -0.3 is 15.2 Å². The van der Waals surface area contributed by atoms with Crippen molar-refractivity contribution < 1.29 is 23.1 Å². The van der Waals surface area contributed by atoms with Crippen molar-refractivity contribution in [3.63, 3.8) is 0 Å². The number of benzene rings is 2. The van der Waals surface area contributed by atoms with Gasteiger partial charge in [-0.05, 0) is 49.4 Å². The molecule has 152 valence electrons. The Morgan fingerprint density at radius 3 is 2.36 bits per heavy atom. The lowest BCUT2D eigenvalue weighted by Gasteiger charge is -2.20. The third-order valence-electron chi connectivity index (χ3n) is 4.06. The van der Waals surface area contributed by atoms with Crippen molar-refractivity contribution in [2.24, 2.45) is 0 Å². The number of nitrogens with zero attached hydrogens (tertiary/aromatic N) is 1. The van der Waals surface area contributed by atoms with Gasteiger partial charge in [0, 0.05) is 17.6 Å². The lowest BCUT2D eigenvalue weighted by Crippen LogP contribution is -2.31. The number of halogens is 1. The van der Waals surface area contributed by atoms with E-state index in [0.717, 1.165) is 4.47 Å². The highest BCUT2D eigenvalue weighted by atomic mass is 79.9. The molecule has 0 saturated carbocycles. The number of sulfonamides is 1. The maximum atomic E-state index is 12.6. The summed E-state index contributed by atoms with van der Waals surface area (Å²) in [4.78, 5) is 12.4. The van der Waals surface area contributed by atoms with Gasteiger partial charge in [0.1, 0.15) is 11.5 Å². The minimum Gasteiger partial charge on any atom is -0.506 e. The van der Waals surface area contributed by atoms with Gasteiger partial charge in [0.15, 0.2) is 6.10 Å². The fourth-order valence-corrected chi connectivity index (χ4v) is 4.24. The first-order chi connectivity index (χ1) is 13.2. The molecule has 9 heteroatoms. The van der Waals surface area contributed by atoms with E-state index in [0.29, 0.717) is 18.8 Å². The van der Waals surface area contributed by atoms with Crippen LogP contribution in [-0.2, 0) is 14.8 Å². The zero-order valence-corrected chi connectivity index (χ0v) is 18.2. The highest BCUT2D eigenvalue weighted by molar-refractivity contribution is 9.10. The highest BCUT2D eigenvalue weighted by Gasteiger charge is 2.24. The predicted molar refractivity (Wildman–Crippen MR) is 111 cm³/mol. The standard InChI is InChI=1S/C19H23BrN2O5S/c1-4-22(5-2)28(25,26)16-10-11-18(23)17(12-16)21-19(24)13(3)27-15-8-6-14(20)7-9-15/h6-13,23H,4-5H2,1-3H3,(H,21,24). The summed E-state index contributed by atoms with van der Waals surface area (Å²) in [6.45, 7) is 5.68. The number of phenolic OH excluding ortho intramolecular Hbond substituents is 1. The zero-order chi connectivity index (χ0) is 20.9. The second-order valence-electron chi connectivity index (χ2n) is 5.97. The number of hydrogen-bond donors (Lipinski definition) is 2. The second-order valence-corrected chi connectivity index (χ2v) is 8.83. The summed E-state index contributed by atoms with van der Waals surface area (Å²) in [5, 5.41) is 12.6. The van der Waals surface area contributed by atoms with Crippen LogP contribution in [0.2, 0.25) is 0 Å². The van der Waals surface area contributed by atoms with Crippen LogP contribution in [-0.4, -0.2) is 42.9 Å². The fraction of sp³-hybridized carbons (Fsp3) is 0.316. The Morgan fingerprint density at radius 2 is 1.79 bits per heavy atom. The summed E-state index contributed by atoms with van der Waals surface area (Å²) in [5.74, 6) is -0.244. The number of phenols is 1. The largest absolute Gasteiger partial charge is 0.506 e. The van der Waals surface area contributed by atoms with Gasteiger partial charge in [-0.2, -0.15) is 4.31 Å². The molecule has 0 fully saturated rings. The molecule has 0 aromatic heterocycles. The van der Waals surface area contributed by atoms with Crippen molar-refractivity contribution in [2.75, 3.05) is 18.4 Å². The van der Waals surface area contributed by atoms with Crippen LogP contribution in [0.5, 0.6) is 11.5 Å². The molecule has 0 aliphatic carbocycles. The average Bonchev–Trinajstić information content (AvgIpc) is 2.65. The van der Waals surface area contributed by atoms with Gasteiger partial charge >= 0.3 is 0 Å². The third-order valence-corrected chi connectivity index (χ3v) is 6.64. The predicted octanol–water partition coefficient (Wildman–Crippen LogP) is 3.59. The number of amides is 1. The minimum absolute atomic E-state index is 0.00415. The number of nitrogens with one attached hydrogen (secondary N) is 1. The van der Waals surface area contributed by atoms with E-state index in [2.05, 4.69) is 21.2 Å². The quantitative estimate of drug-likeness (QED) is 0.574. The molecule has 0 saturated heterocycles. The maximum Gasteiger partial charge on any atom is 0.265 e. The normalized spacial score (nSPS) is 12.6. The first kappa shape index (κ1) is 22.2. The second kappa shape index (κ2) is 9.40. The van der Waals surface area contributed by atoms with E-state index in [-0.39, 0.29) is 16.3 Å². The molecule has 0 aliphatic heterocycles. The van der Waals surface area contributed by atoms with Gasteiger partial charge in [-0.25, -0.2) is 8.42 Å². The van der Waals surface area contributed by atoms with Crippen LogP contribution < -0.4 is 10.1 Å². The maximum absolute atomic E-state index is 12.6. The smallest absolute Gasteiger partial charge is 0.265 e. The lowest BCUT2D eigenvalue weighted by atomic mass is 10.2. The summed E-state index contributed by atoms with van der Waals surface area (Å²) in [6, 6.07) is 10.8. The Hall–Kier alpha value is -2.10. The van der Waals surface area contributed by atoms with E-state index >= 15 is 0 Å². The van der Waals surface area contributed by atoms with E-state index in [1.54, 1.807) is 45.0 Å². The number of rotatable bonds is 8. The van der Waals surface area contributed by atoms with Gasteiger partial charge in [0.05, 0.1) is 10.6 Å². The van der Waals surface area contributed by atoms with E-state index in [9.17, 15) is 18.3 Å². The summed E-state index contributed by atoms with van der Waals surface area (Å²) >= 11 is 3.32. The van der Waals surface area contributed by atoms with Crippen LogP contribution in [0.3, 0.4) is 0 Å². The summed E-state index contributed by atoms with van der Waals surface area (Å²) in [6.07, 6.45) is -0.858. The monoisotopic (exact) mass is 470 g/mol. The molecule has 2 aromatic carbocycles. The number of hydrogen-bond acceptors (Lipinski definition) is 5. The van der Waals surface area contributed by atoms with Crippen LogP contribution >= 0.6 is 15.9 Å². The van der Waals surface area contributed by atoms with E-state index in [1.807, 2.05) is 0 Å².